The summed E-state index contributed by atoms with van der Waals surface area (Å²) in [5.74, 6) is 0.229. The Morgan fingerprint density at radius 1 is 1.19 bits per heavy atom. The Morgan fingerprint density at radius 2 is 1.90 bits per heavy atom. The van der Waals surface area contributed by atoms with Gasteiger partial charge < -0.3 is 4.90 Å². The minimum atomic E-state index is -0.0895. The topological polar surface area (TPSA) is 32.3 Å². The first-order chi connectivity index (χ1) is 10.1. The van der Waals surface area contributed by atoms with Gasteiger partial charge in [0, 0.05) is 6.04 Å². The van der Waals surface area contributed by atoms with Gasteiger partial charge in [-0.15, -0.1) is 0 Å². The van der Waals surface area contributed by atoms with Crippen LogP contribution in [0.3, 0.4) is 0 Å². The Balaban J connectivity index is 2.04. The number of carbonyl (C=O) groups excluding carboxylic acids is 1. The number of amides is 1. The number of nitrogens with zero attached hydrogens (tertiary/aromatic N) is 1. The maximum Gasteiger partial charge on any atom is 0.241 e. The molecule has 1 aromatic rings. The minimum absolute atomic E-state index is 0.0230. The van der Waals surface area contributed by atoms with Crippen molar-refractivity contribution in [1.29, 1.82) is 0 Å². The normalized spacial score (nSPS) is 23.6. The zero-order chi connectivity index (χ0) is 15.2. The molecule has 0 radical (unpaired) electrons. The summed E-state index contributed by atoms with van der Waals surface area (Å²) in [5.41, 5.74) is 1.18. The van der Waals surface area contributed by atoms with E-state index in [4.69, 9.17) is 0 Å². The van der Waals surface area contributed by atoms with Gasteiger partial charge in [0.25, 0.3) is 0 Å². The van der Waals surface area contributed by atoms with Crippen molar-refractivity contribution in [3.8, 4) is 0 Å². The van der Waals surface area contributed by atoms with E-state index in [1.807, 2.05) is 30.0 Å². The molecule has 1 aromatic carbocycles. The number of hydrogen-bond donors (Lipinski definition) is 1. The minimum Gasteiger partial charge on any atom is -0.319 e. The van der Waals surface area contributed by atoms with Gasteiger partial charge in [-0.2, -0.15) is 0 Å². The molecule has 0 saturated carbocycles. The molecule has 2 rings (SSSR count). The van der Waals surface area contributed by atoms with Crippen molar-refractivity contribution in [3.63, 3.8) is 0 Å². The lowest BCUT2D eigenvalue weighted by Gasteiger charge is -2.30. The third kappa shape index (κ3) is 3.85. The lowest BCUT2D eigenvalue weighted by Crippen LogP contribution is -2.38. The zero-order valence-corrected chi connectivity index (χ0v) is 13.5. The fourth-order valence-corrected chi connectivity index (χ4v) is 3.11. The highest BCUT2D eigenvalue weighted by Crippen LogP contribution is 2.29. The van der Waals surface area contributed by atoms with Crippen LogP contribution in [0.5, 0.6) is 0 Å². The molecule has 1 amide bonds. The molecule has 1 heterocycles. The summed E-state index contributed by atoms with van der Waals surface area (Å²) in [7, 11) is 0. The molecule has 1 saturated heterocycles. The van der Waals surface area contributed by atoms with Crippen molar-refractivity contribution in [1.82, 2.24) is 10.2 Å². The Bertz CT molecular complexity index is 446. The number of carbonyl (C=O) groups is 1. The third-order valence-corrected chi connectivity index (χ3v) is 4.38. The van der Waals surface area contributed by atoms with Crippen LogP contribution in [0.2, 0.25) is 0 Å². The molecular weight excluding hydrogens is 260 g/mol. The quantitative estimate of drug-likeness (QED) is 0.773. The molecule has 1 fully saturated rings. The summed E-state index contributed by atoms with van der Waals surface area (Å²) in [6, 6.07) is 10.5. The summed E-state index contributed by atoms with van der Waals surface area (Å²) < 4.78 is 0. The average Bonchev–Trinajstić information content (AvgIpc) is 2.80. The second-order valence-electron chi connectivity index (χ2n) is 6.15. The fraction of sp³-hybridized carbons (Fsp3) is 0.611. The predicted octanol–water partition coefficient (Wildman–Crippen LogP) is 3.86. The average molecular weight is 288 g/mol. The maximum absolute atomic E-state index is 12.5. The van der Waals surface area contributed by atoms with E-state index < -0.39 is 0 Å². The SMILES string of the molecule is CCCCCCC(C)N1C(=O)C(C)NC1c1ccccc1. The summed E-state index contributed by atoms with van der Waals surface area (Å²) in [6.45, 7) is 6.37. The van der Waals surface area contributed by atoms with Crippen LogP contribution >= 0.6 is 0 Å². The number of rotatable bonds is 7. The van der Waals surface area contributed by atoms with Crippen LogP contribution in [0.4, 0.5) is 0 Å². The Morgan fingerprint density at radius 3 is 2.57 bits per heavy atom. The van der Waals surface area contributed by atoms with Gasteiger partial charge in [-0.05, 0) is 25.8 Å². The van der Waals surface area contributed by atoms with E-state index >= 15 is 0 Å². The smallest absolute Gasteiger partial charge is 0.241 e. The largest absolute Gasteiger partial charge is 0.319 e. The van der Waals surface area contributed by atoms with Crippen molar-refractivity contribution in [2.75, 3.05) is 0 Å². The summed E-state index contributed by atoms with van der Waals surface area (Å²) in [4.78, 5) is 14.5. The maximum atomic E-state index is 12.5. The van der Waals surface area contributed by atoms with Gasteiger partial charge in [0.1, 0.15) is 6.17 Å². The van der Waals surface area contributed by atoms with Crippen molar-refractivity contribution >= 4 is 5.91 Å². The van der Waals surface area contributed by atoms with E-state index in [1.54, 1.807) is 0 Å². The standard InChI is InChI=1S/C18H28N2O/c1-4-5-6-8-11-14(2)20-17(19-15(3)18(20)21)16-12-9-7-10-13-16/h7,9-10,12-15,17,19H,4-6,8,11H2,1-3H3. The monoisotopic (exact) mass is 288 g/mol. The fourth-order valence-electron chi connectivity index (χ4n) is 3.11. The molecule has 3 nitrogen and oxygen atoms in total. The summed E-state index contributed by atoms with van der Waals surface area (Å²) in [6.07, 6.45) is 6.12. The molecule has 116 valence electrons. The highest BCUT2D eigenvalue weighted by molar-refractivity contribution is 5.84. The van der Waals surface area contributed by atoms with E-state index in [1.165, 1.54) is 31.2 Å². The van der Waals surface area contributed by atoms with Crippen molar-refractivity contribution in [2.24, 2.45) is 0 Å². The van der Waals surface area contributed by atoms with Crippen molar-refractivity contribution in [3.05, 3.63) is 35.9 Å². The Kier molecular flexibility index (Phi) is 5.80. The number of nitrogens with one attached hydrogen (secondary N) is 1. The lowest BCUT2D eigenvalue weighted by molar-refractivity contribution is -0.131. The van der Waals surface area contributed by atoms with Gasteiger partial charge in [-0.25, -0.2) is 0 Å². The zero-order valence-electron chi connectivity index (χ0n) is 13.5. The molecule has 21 heavy (non-hydrogen) atoms. The van der Waals surface area contributed by atoms with Crippen molar-refractivity contribution in [2.45, 2.75) is 71.1 Å². The third-order valence-electron chi connectivity index (χ3n) is 4.38. The molecule has 0 spiro atoms. The Labute approximate surface area is 128 Å². The first kappa shape index (κ1) is 16.0. The molecule has 0 aromatic heterocycles. The first-order valence-corrected chi connectivity index (χ1v) is 8.28. The van der Waals surface area contributed by atoms with E-state index in [-0.39, 0.29) is 24.2 Å². The molecule has 0 bridgehead atoms. The van der Waals surface area contributed by atoms with Crippen LogP contribution in [0.15, 0.2) is 30.3 Å². The second-order valence-corrected chi connectivity index (χ2v) is 6.15. The lowest BCUT2D eigenvalue weighted by atomic mass is 10.1. The van der Waals surface area contributed by atoms with Gasteiger partial charge in [0.2, 0.25) is 5.91 Å². The van der Waals surface area contributed by atoms with Crippen LogP contribution in [0, 0.1) is 0 Å². The molecule has 3 atom stereocenters. The number of unbranched alkanes of at least 4 members (excludes halogenated alkanes) is 3. The molecule has 1 aliphatic rings. The molecule has 1 aliphatic heterocycles. The van der Waals surface area contributed by atoms with E-state index in [9.17, 15) is 4.79 Å². The van der Waals surface area contributed by atoms with Crippen LogP contribution in [-0.2, 0) is 4.79 Å². The number of benzene rings is 1. The Hall–Kier alpha value is -1.35. The van der Waals surface area contributed by atoms with Crippen LogP contribution < -0.4 is 5.32 Å². The highest BCUT2D eigenvalue weighted by atomic mass is 16.2. The van der Waals surface area contributed by atoms with Gasteiger partial charge in [-0.3, -0.25) is 10.1 Å². The van der Waals surface area contributed by atoms with Crippen molar-refractivity contribution < 1.29 is 4.79 Å². The van der Waals surface area contributed by atoms with Crippen LogP contribution in [0.1, 0.15) is 64.6 Å². The molecule has 3 unspecified atom stereocenters. The van der Waals surface area contributed by atoms with E-state index in [2.05, 4.69) is 31.3 Å². The predicted molar refractivity (Wildman–Crippen MR) is 86.8 cm³/mol. The first-order valence-electron chi connectivity index (χ1n) is 8.28. The van der Waals surface area contributed by atoms with E-state index in [0.29, 0.717) is 0 Å². The van der Waals surface area contributed by atoms with Gasteiger partial charge in [0.15, 0.2) is 0 Å². The second kappa shape index (κ2) is 7.60. The van der Waals surface area contributed by atoms with Crippen LogP contribution in [-0.4, -0.2) is 22.9 Å². The van der Waals surface area contributed by atoms with Crippen LogP contribution in [0.25, 0.3) is 0 Å². The molecule has 3 heteroatoms. The highest BCUT2D eigenvalue weighted by Gasteiger charge is 2.39. The summed E-state index contributed by atoms with van der Waals surface area (Å²) in [5, 5.41) is 3.43. The number of hydrogen-bond acceptors (Lipinski definition) is 2. The van der Waals surface area contributed by atoms with Gasteiger partial charge in [-0.1, -0.05) is 62.9 Å². The van der Waals surface area contributed by atoms with Gasteiger partial charge >= 0.3 is 0 Å². The van der Waals surface area contributed by atoms with Gasteiger partial charge in [0.05, 0.1) is 6.04 Å². The van der Waals surface area contributed by atoms with E-state index in [0.717, 1.165) is 6.42 Å². The summed E-state index contributed by atoms with van der Waals surface area (Å²) >= 11 is 0. The molecule has 0 aliphatic carbocycles. The molecular formula is C18H28N2O. The molecule has 1 N–H and O–H groups in total.